The maximum atomic E-state index is 9.85. The van der Waals surface area contributed by atoms with E-state index in [4.69, 9.17) is 14.2 Å². The Hall–Kier alpha value is -1.38. The first-order valence-electron chi connectivity index (χ1n) is 8.33. The fourth-order valence-corrected chi connectivity index (χ4v) is 2.30. The van der Waals surface area contributed by atoms with Crippen molar-refractivity contribution >= 4 is 0 Å². The fraction of sp³-hybridized carbons (Fsp3) is 0.579. The van der Waals surface area contributed by atoms with Gasteiger partial charge in [-0.1, -0.05) is 42.2 Å². The van der Waals surface area contributed by atoms with Crippen LogP contribution in [0.4, 0.5) is 0 Å². The molecular weight excluding hydrogens is 292 g/mol. The zero-order chi connectivity index (χ0) is 16.2. The number of hydrogen-bond acceptors (Lipinski definition) is 4. The van der Waals surface area contributed by atoms with Gasteiger partial charge in [0.25, 0.3) is 0 Å². The Morgan fingerprint density at radius 1 is 1.22 bits per heavy atom. The number of aliphatic hydroxyl groups is 1. The zero-order valence-corrected chi connectivity index (χ0v) is 13.6. The Labute approximate surface area is 138 Å². The van der Waals surface area contributed by atoms with Crippen LogP contribution in [0.15, 0.2) is 30.3 Å². The van der Waals surface area contributed by atoms with Crippen molar-refractivity contribution in [1.29, 1.82) is 0 Å². The van der Waals surface area contributed by atoms with Gasteiger partial charge in [0.05, 0.1) is 12.7 Å². The summed E-state index contributed by atoms with van der Waals surface area (Å²) in [5, 5.41) is 9.85. The highest BCUT2D eigenvalue weighted by Gasteiger charge is 2.12. The highest BCUT2D eigenvalue weighted by atomic mass is 16.7. The van der Waals surface area contributed by atoms with Gasteiger partial charge < -0.3 is 19.3 Å². The summed E-state index contributed by atoms with van der Waals surface area (Å²) in [5.74, 6) is 5.87. The number of aliphatic hydroxyl groups excluding tert-OH is 1. The Morgan fingerprint density at radius 3 is 2.87 bits per heavy atom. The molecule has 4 heteroatoms. The minimum absolute atomic E-state index is 0.102. The van der Waals surface area contributed by atoms with Crippen molar-refractivity contribution < 1.29 is 19.3 Å². The minimum Gasteiger partial charge on any atom is -0.392 e. The number of benzene rings is 1. The van der Waals surface area contributed by atoms with Crippen molar-refractivity contribution in [2.75, 3.05) is 19.8 Å². The van der Waals surface area contributed by atoms with Crippen LogP contribution in [0.3, 0.4) is 0 Å². The molecule has 23 heavy (non-hydrogen) atoms. The second-order valence-electron chi connectivity index (χ2n) is 5.65. The van der Waals surface area contributed by atoms with Gasteiger partial charge in [-0.2, -0.15) is 0 Å². The number of hydrogen-bond donors (Lipinski definition) is 1. The summed E-state index contributed by atoms with van der Waals surface area (Å²) in [5.41, 5.74) is 1.14. The highest BCUT2D eigenvalue weighted by molar-refractivity contribution is 5.13. The Balaban J connectivity index is 1.48. The van der Waals surface area contributed by atoms with E-state index in [1.54, 1.807) is 0 Å². The van der Waals surface area contributed by atoms with E-state index < -0.39 is 6.10 Å². The van der Waals surface area contributed by atoms with E-state index in [1.807, 2.05) is 30.3 Å². The first-order valence-corrected chi connectivity index (χ1v) is 8.33. The lowest BCUT2D eigenvalue weighted by Crippen LogP contribution is -2.22. The fourth-order valence-electron chi connectivity index (χ4n) is 2.30. The molecule has 1 saturated heterocycles. The van der Waals surface area contributed by atoms with Gasteiger partial charge in [0.1, 0.15) is 6.61 Å². The third kappa shape index (κ3) is 8.15. The maximum Gasteiger partial charge on any atom is 0.158 e. The molecule has 2 unspecified atom stereocenters. The van der Waals surface area contributed by atoms with Crippen molar-refractivity contribution in [3.05, 3.63) is 35.9 Å². The molecule has 0 spiro atoms. The topological polar surface area (TPSA) is 47.9 Å². The zero-order valence-electron chi connectivity index (χ0n) is 13.6. The van der Waals surface area contributed by atoms with Gasteiger partial charge >= 0.3 is 0 Å². The van der Waals surface area contributed by atoms with Crippen LogP contribution in [-0.2, 0) is 20.8 Å². The van der Waals surface area contributed by atoms with Gasteiger partial charge in [0.2, 0.25) is 0 Å². The van der Waals surface area contributed by atoms with Gasteiger partial charge in [-0.3, -0.25) is 0 Å². The van der Waals surface area contributed by atoms with Gasteiger partial charge in [0.15, 0.2) is 6.29 Å². The molecule has 1 heterocycles. The molecule has 4 nitrogen and oxygen atoms in total. The standard InChI is InChI=1S/C19H26O4/c20-18(12-15-21-16-17-8-2-1-3-9-17)10-4-6-13-22-19-11-5-7-14-23-19/h1-3,8-9,18-20H,5,7,10-16H2. The lowest BCUT2D eigenvalue weighted by atomic mass is 10.2. The average molecular weight is 318 g/mol. The van der Waals surface area contributed by atoms with Crippen LogP contribution in [-0.4, -0.2) is 37.3 Å². The van der Waals surface area contributed by atoms with Crippen LogP contribution < -0.4 is 0 Å². The van der Waals surface area contributed by atoms with E-state index in [-0.39, 0.29) is 6.29 Å². The van der Waals surface area contributed by atoms with Crippen molar-refractivity contribution in [2.45, 2.75) is 51.1 Å². The number of ether oxygens (including phenoxy) is 3. The van der Waals surface area contributed by atoms with Crippen LogP contribution in [0.5, 0.6) is 0 Å². The Kier molecular flexibility index (Phi) is 8.75. The van der Waals surface area contributed by atoms with Crippen molar-refractivity contribution in [3.63, 3.8) is 0 Å². The van der Waals surface area contributed by atoms with E-state index >= 15 is 0 Å². The largest absolute Gasteiger partial charge is 0.392 e. The molecule has 1 aliphatic heterocycles. The molecule has 1 aromatic rings. The second-order valence-corrected chi connectivity index (χ2v) is 5.65. The van der Waals surface area contributed by atoms with Crippen molar-refractivity contribution in [3.8, 4) is 11.8 Å². The molecule has 0 bridgehead atoms. The quantitative estimate of drug-likeness (QED) is 0.591. The molecule has 0 saturated carbocycles. The molecular formula is C19H26O4. The molecule has 126 valence electrons. The minimum atomic E-state index is -0.454. The molecule has 0 radical (unpaired) electrons. The molecule has 1 aromatic carbocycles. The van der Waals surface area contributed by atoms with Crippen molar-refractivity contribution in [1.82, 2.24) is 0 Å². The van der Waals surface area contributed by atoms with Gasteiger partial charge in [-0.25, -0.2) is 0 Å². The summed E-state index contributed by atoms with van der Waals surface area (Å²) in [6, 6.07) is 10.0. The summed E-state index contributed by atoms with van der Waals surface area (Å²) in [6.07, 6.45) is 3.70. The number of rotatable bonds is 8. The summed E-state index contributed by atoms with van der Waals surface area (Å²) in [4.78, 5) is 0. The van der Waals surface area contributed by atoms with Crippen LogP contribution in [0.25, 0.3) is 0 Å². The molecule has 0 aromatic heterocycles. The monoisotopic (exact) mass is 318 g/mol. The van der Waals surface area contributed by atoms with E-state index in [1.165, 1.54) is 0 Å². The second kappa shape index (κ2) is 11.2. The summed E-state index contributed by atoms with van der Waals surface area (Å²) >= 11 is 0. The van der Waals surface area contributed by atoms with Crippen LogP contribution in [0.1, 0.15) is 37.7 Å². The van der Waals surface area contributed by atoms with E-state index in [0.29, 0.717) is 32.7 Å². The third-order valence-electron chi connectivity index (χ3n) is 3.65. The van der Waals surface area contributed by atoms with Crippen LogP contribution in [0, 0.1) is 11.8 Å². The third-order valence-corrected chi connectivity index (χ3v) is 3.65. The van der Waals surface area contributed by atoms with Crippen LogP contribution >= 0.6 is 0 Å². The summed E-state index contributed by atoms with van der Waals surface area (Å²) < 4.78 is 16.5. The van der Waals surface area contributed by atoms with Crippen molar-refractivity contribution in [2.24, 2.45) is 0 Å². The highest BCUT2D eigenvalue weighted by Crippen LogP contribution is 2.13. The van der Waals surface area contributed by atoms with Crippen LogP contribution in [0.2, 0.25) is 0 Å². The molecule has 0 aliphatic carbocycles. The average Bonchev–Trinajstić information content (AvgIpc) is 2.60. The molecule has 1 fully saturated rings. The maximum absolute atomic E-state index is 9.85. The molecule has 1 aliphatic rings. The predicted molar refractivity (Wildman–Crippen MR) is 88.7 cm³/mol. The first-order chi connectivity index (χ1) is 11.3. The van der Waals surface area contributed by atoms with Gasteiger partial charge in [-0.15, -0.1) is 0 Å². The smallest absolute Gasteiger partial charge is 0.158 e. The Morgan fingerprint density at radius 2 is 2.09 bits per heavy atom. The van der Waals surface area contributed by atoms with E-state index in [0.717, 1.165) is 31.4 Å². The molecule has 0 amide bonds. The van der Waals surface area contributed by atoms with E-state index in [2.05, 4.69) is 11.8 Å². The lowest BCUT2D eigenvalue weighted by molar-refractivity contribution is -0.154. The first kappa shape index (κ1) is 18.0. The lowest BCUT2D eigenvalue weighted by Gasteiger charge is -2.21. The molecule has 1 N–H and O–H groups in total. The van der Waals surface area contributed by atoms with Gasteiger partial charge in [-0.05, 0) is 31.2 Å². The summed E-state index contributed by atoms with van der Waals surface area (Å²) in [6.45, 7) is 2.25. The van der Waals surface area contributed by atoms with Gasteiger partial charge in [0, 0.05) is 19.6 Å². The molecule has 2 rings (SSSR count). The SMILES string of the molecule is OC(CC#CCOC1CCCCO1)CCOCc1ccccc1. The normalized spacial score (nSPS) is 18.9. The molecule has 2 atom stereocenters. The predicted octanol–water partition coefficient (Wildman–Crippen LogP) is 2.89. The van der Waals surface area contributed by atoms with E-state index in [9.17, 15) is 5.11 Å². The Bertz CT molecular complexity index is 471. The summed E-state index contributed by atoms with van der Waals surface area (Å²) in [7, 11) is 0.